The van der Waals surface area contributed by atoms with Crippen LogP contribution in [-0.2, 0) is 4.79 Å². The molecule has 20 heavy (non-hydrogen) atoms. The van der Waals surface area contributed by atoms with E-state index in [9.17, 15) is 4.79 Å². The number of hydrogen-bond acceptors (Lipinski definition) is 4. The fraction of sp³-hybridized carbons (Fsp3) is 0.667. The molecular formula is C15H25N3OS. The van der Waals surface area contributed by atoms with Gasteiger partial charge in [-0.25, -0.2) is 0 Å². The van der Waals surface area contributed by atoms with Crippen LogP contribution in [0.2, 0.25) is 0 Å². The summed E-state index contributed by atoms with van der Waals surface area (Å²) in [4.78, 5) is 15.9. The van der Waals surface area contributed by atoms with Crippen LogP contribution in [0.3, 0.4) is 0 Å². The van der Waals surface area contributed by atoms with Gasteiger partial charge in [0.1, 0.15) is 0 Å². The molecular weight excluding hydrogens is 270 g/mol. The number of hydrogen-bond donors (Lipinski definition) is 2. The van der Waals surface area contributed by atoms with E-state index in [-0.39, 0.29) is 17.9 Å². The molecule has 0 aromatic carbocycles. The minimum absolute atomic E-state index is 0.0563. The Hall–Kier alpha value is -0.910. The van der Waals surface area contributed by atoms with E-state index < -0.39 is 0 Å². The predicted molar refractivity (Wildman–Crippen MR) is 83.7 cm³/mol. The lowest BCUT2D eigenvalue weighted by atomic mass is 10.0. The summed E-state index contributed by atoms with van der Waals surface area (Å²) >= 11 is 1.77. The van der Waals surface area contributed by atoms with Crippen molar-refractivity contribution >= 4 is 17.2 Å². The van der Waals surface area contributed by atoms with Gasteiger partial charge in [-0.2, -0.15) is 0 Å². The molecule has 1 aromatic rings. The molecule has 0 bridgehead atoms. The van der Waals surface area contributed by atoms with Gasteiger partial charge < -0.3 is 11.1 Å². The highest BCUT2D eigenvalue weighted by Crippen LogP contribution is 2.27. The first-order valence-electron chi connectivity index (χ1n) is 7.40. The lowest BCUT2D eigenvalue weighted by molar-refractivity contribution is -0.125. The summed E-state index contributed by atoms with van der Waals surface area (Å²) in [5, 5.41) is 5.18. The van der Waals surface area contributed by atoms with E-state index in [1.54, 1.807) is 11.3 Å². The highest BCUT2D eigenvalue weighted by atomic mass is 32.1. The summed E-state index contributed by atoms with van der Waals surface area (Å²) in [6.07, 6.45) is 2.51. The van der Waals surface area contributed by atoms with Gasteiger partial charge in [0.05, 0.1) is 6.04 Å². The van der Waals surface area contributed by atoms with Crippen LogP contribution in [0.1, 0.15) is 37.6 Å². The molecule has 4 nitrogen and oxygen atoms in total. The molecule has 3 unspecified atom stereocenters. The quantitative estimate of drug-likeness (QED) is 0.844. The Labute approximate surface area is 125 Å². The van der Waals surface area contributed by atoms with Gasteiger partial charge >= 0.3 is 0 Å². The van der Waals surface area contributed by atoms with Crippen LogP contribution in [0.5, 0.6) is 0 Å². The average Bonchev–Trinajstić information content (AvgIpc) is 3.10. The first kappa shape index (κ1) is 15.5. The fourth-order valence-electron chi connectivity index (χ4n) is 2.54. The van der Waals surface area contributed by atoms with E-state index in [2.05, 4.69) is 27.7 Å². The van der Waals surface area contributed by atoms with Gasteiger partial charge in [-0.3, -0.25) is 9.69 Å². The monoisotopic (exact) mass is 295 g/mol. The molecule has 2 heterocycles. The van der Waals surface area contributed by atoms with E-state index in [0.717, 1.165) is 13.1 Å². The second-order valence-electron chi connectivity index (χ2n) is 5.67. The molecule has 0 radical (unpaired) electrons. The van der Waals surface area contributed by atoms with Crippen LogP contribution < -0.4 is 11.1 Å². The minimum atomic E-state index is -0.141. The molecule has 0 spiro atoms. The van der Waals surface area contributed by atoms with Crippen molar-refractivity contribution in [2.45, 2.75) is 38.8 Å². The summed E-state index contributed by atoms with van der Waals surface area (Å²) in [6, 6.07) is 4.44. The third-order valence-electron chi connectivity index (χ3n) is 4.12. The van der Waals surface area contributed by atoms with Gasteiger partial charge in [0.2, 0.25) is 5.91 Å². The van der Waals surface area contributed by atoms with Crippen LogP contribution in [0, 0.1) is 5.92 Å². The second kappa shape index (κ2) is 7.20. The maximum absolute atomic E-state index is 12.1. The van der Waals surface area contributed by atoms with E-state index in [0.29, 0.717) is 12.6 Å². The summed E-state index contributed by atoms with van der Waals surface area (Å²) in [6.45, 7) is 6.69. The van der Waals surface area contributed by atoms with E-state index in [1.807, 2.05) is 13.8 Å². The van der Waals surface area contributed by atoms with Crippen molar-refractivity contribution in [3.05, 3.63) is 22.4 Å². The molecule has 3 atom stereocenters. The lowest BCUT2D eigenvalue weighted by Gasteiger charge is -2.27. The second-order valence-corrected chi connectivity index (χ2v) is 6.65. The predicted octanol–water partition coefficient (Wildman–Crippen LogP) is 1.98. The Bertz CT molecular complexity index is 413. The molecule has 0 saturated carbocycles. The molecule has 1 aliphatic rings. The van der Waals surface area contributed by atoms with Crippen LogP contribution in [-0.4, -0.2) is 36.5 Å². The SMILES string of the molecule is CC(N)C(C)C(=O)NCC(c1cccs1)N1CCCC1. The minimum Gasteiger partial charge on any atom is -0.354 e. The number of carbonyl (C=O) groups excluding carboxylic acids is 1. The van der Waals surface area contributed by atoms with E-state index >= 15 is 0 Å². The Morgan fingerprint density at radius 3 is 2.70 bits per heavy atom. The normalized spacial score (nSPS) is 20.6. The first-order chi connectivity index (χ1) is 9.59. The zero-order valence-corrected chi connectivity index (χ0v) is 13.2. The zero-order valence-electron chi connectivity index (χ0n) is 12.3. The molecule has 3 N–H and O–H groups in total. The number of nitrogens with two attached hydrogens (primary N) is 1. The van der Waals surface area contributed by atoms with E-state index in [4.69, 9.17) is 5.73 Å². The number of amides is 1. The van der Waals surface area contributed by atoms with Crippen LogP contribution in [0.4, 0.5) is 0 Å². The van der Waals surface area contributed by atoms with Crippen molar-refractivity contribution in [2.75, 3.05) is 19.6 Å². The third kappa shape index (κ3) is 3.81. The topological polar surface area (TPSA) is 58.4 Å². The van der Waals surface area contributed by atoms with Crippen molar-refractivity contribution in [3.8, 4) is 0 Å². The highest BCUT2D eigenvalue weighted by molar-refractivity contribution is 7.10. The standard InChI is InChI=1S/C15H25N3OS/c1-11(12(2)16)15(19)17-10-13(14-6-5-9-20-14)18-7-3-4-8-18/h5-6,9,11-13H,3-4,7-8,10,16H2,1-2H3,(H,17,19). The molecule has 1 saturated heterocycles. The van der Waals surface area contributed by atoms with Crippen molar-refractivity contribution < 1.29 is 4.79 Å². The summed E-state index contributed by atoms with van der Waals surface area (Å²) in [7, 11) is 0. The molecule has 0 aliphatic carbocycles. The molecule has 1 aliphatic heterocycles. The number of nitrogens with one attached hydrogen (secondary N) is 1. The van der Waals surface area contributed by atoms with Crippen molar-refractivity contribution in [2.24, 2.45) is 11.7 Å². The Morgan fingerprint density at radius 1 is 1.45 bits per heavy atom. The van der Waals surface area contributed by atoms with Gasteiger partial charge in [-0.15, -0.1) is 11.3 Å². The van der Waals surface area contributed by atoms with Crippen molar-refractivity contribution in [1.82, 2.24) is 10.2 Å². The van der Waals surface area contributed by atoms with Crippen molar-refractivity contribution in [1.29, 1.82) is 0 Å². The Morgan fingerprint density at radius 2 is 2.15 bits per heavy atom. The molecule has 1 aromatic heterocycles. The number of likely N-dealkylation sites (tertiary alicyclic amines) is 1. The van der Waals surface area contributed by atoms with Gasteiger partial charge in [0.25, 0.3) is 0 Å². The van der Waals surface area contributed by atoms with Crippen LogP contribution in [0.15, 0.2) is 17.5 Å². The largest absolute Gasteiger partial charge is 0.354 e. The maximum Gasteiger partial charge on any atom is 0.224 e. The van der Waals surface area contributed by atoms with Gasteiger partial charge in [0, 0.05) is 23.4 Å². The summed E-state index contributed by atoms with van der Waals surface area (Å²) in [5.41, 5.74) is 5.79. The number of nitrogens with zero attached hydrogens (tertiary/aromatic N) is 1. The van der Waals surface area contributed by atoms with Gasteiger partial charge in [0.15, 0.2) is 0 Å². The van der Waals surface area contributed by atoms with Crippen LogP contribution >= 0.6 is 11.3 Å². The highest BCUT2D eigenvalue weighted by Gasteiger charge is 2.25. The zero-order chi connectivity index (χ0) is 14.5. The third-order valence-corrected chi connectivity index (χ3v) is 5.10. The summed E-state index contributed by atoms with van der Waals surface area (Å²) in [5.74, 6) is -0.0849. The van der Waals surface area contributed by atoms with Gasteiger partial charge in [-0.1, -0.05) is 13.0 Å². The lowest BCUT2D eigenvalue weighted by Crippen LogP contribution is -2.42. The van der Waals surface area contributed by atoms with Crippen molar-refractivity contribution in [3.63, 3.8) is 0 Å². The maximum atomic E-state index is 12.1. The number of rotatable bonds is 6. The van der Waals surface area contributed by atoms with Gasteiger partial charge in [-0.05, 0) is 44.3 Å². The molecule has 1 amide bonds. The Kier molecular flexibility index (Phi) is 5.57. The average molecular weight is 295 g/mol. The molecule has 1 fully saturated rings. The smallest absolute Gasteiger partial charge is 0.224 e. The number of thiophene rings is 1. The molecule has 5 heteroatoms. The van der Waals surface area contributed by atoms with Crippen LogP contribution in [0.25, 0.3) is 0 Å². The Balaban J connectivity index is 1.96. The summed E-state index contributed by atoms with van der Waals surface area (Å²) < 4.78 is 0. The molecule has 112 valence electrons. The first-order valence-corrected chi connectivity index (χ1v) is 8.28. The van der Waals surface area contributed by atoms with E-state index in [1.165, 1.54) is 17.7 Å². The number of carbonyl (C=O) groups is 1. The molecule has 2 rings (SSSR count). The fourth-order valence-corrected chi connectivity index (χ4v) is 3.40.